The second-order valence-corrected chi connectivity index (χ2v) is 4.43. The van der Waals surface area contributed by atoms with Gasteiger partial charge in [-0.05, 0) is 24.5 Å². The van der Waals surface area contributed by atoms with Crippen LogP contribution >= 0.6 is 0 Å². The van der Waals surface area contributed by atoms with Crippen molar-refractivity contribution in [2.24, 2.45) is 5.92 Å². The van der Waals surface area contributed by atoms with Gasteiger partial charge in [0, 0.05) is 12.2 Å². The molecule has 1 aromatic carbocycles. The van der Waals surface area contributed by atoms with E-state index in [2.05, 4.69) is 19.2 Å². The van der Waals surface area contributed by atoms with Gasteiger partial charge in [-0.25, -0.2) is 0 Å². The van der Waals surface area contributed by atoms with Crippen LogP contribution in [-0.2, 0) is 0 Å². The minimum Gasteiger partial charge on any atom is -0.398 e. The molecule has 0 aliphatic heterocycles. The summed E-state index contributed by atoms with van der Waals surface area (Å²) in [5.41, 5.74) is 7.91. The maximum atomic E-state index is 12.0. The number of nitrogen functional groups attached to an aromatic ring is 1. The van der Waals surface area contributed by atoms with E-state index in [1.165, 1.54) is 0 Å². The Hall–Kier alpha value is -1.51. The van der Waals surface area contributed by atoms with Gasteiger partial charge in [0.15, 0.2) is 0 Å². The smallest absolute Gasteiger partial charge is 0.253 e. The number of carbonyl (C=O) groups excluding carboxylic acids is 1. The lowest BCUT2D eigenvalue weighted by Gasteiger charge is -2.15. The first-order valence-corrected chi connectivity index (χ1v) is 6.23. The Morgan fingerprint density at radius 2 is 2.00 bits per heavy atom. The van der Waals surface area contributed by atoms with Crippen LogP contribution in [0.1, 0.15) is 42.6 Å². The van der Waals surface area contributed by atoms with Crippen LogP contribution < -0.4 is 11.1 Å². The van der Waals surface area contributed by atoms with Gasteiger partial charge < -0.3 is 11.1 Å². The third-order valence-electron chi connectivity index (χ3n) is 3.24. The first-order valence-electron chi connectivity index (χ1n) is 6.23. The fraction of sp³-hybridized carbons (Fsp3) is 0.500. The molecule has 0 bridgehead atoms. The van der Waals surface area contributed by atoms with Gasteiger partial charge in [-0.3, -0.25) is 4.79 Å². The normalized spacial score (nSPS) is 10.6. The van der Waals surface area contributed by atoms with Gasteiger partial charge in [-0.2, -0.15) is 0 Å². The van der Waals surface area contributed by atoms with Crippen molar-refractivity contribution in [3.05, 3.63) is 29.3 Å². The molecule has 3 N–H and O–H groups in total. The molecule has 0 fully saturated rings. The monoisotopic (exact) mass is 234 g/mol. The zero-order chi connectivity index (χ0) is 12.8. The molecule has 3 heteroatoms. The summed E-state index contributed by atoms with van der Waals surface area (Å²) in [6.45, 7) is 6.91. The molecule has 0 saturated carbocycles. The number of rotatable bonds is 5. The third kappa shape index (κ3) is 3.48. The largest absolute Gasteiger partial charge is 0.398 e. The molecule has 0 heterocycles. The maximum Gasteiger partial charge on any atom is 0.253 e. The first kappa shape index (κ1) is 13.6. The summed E-state index contributed by atoms with van der Waals surface area (Å²) in [6.07, 6.45) is 2.17. The van der Waals surface area contributed by atoms with Gasteiger partial charge in [0.05, 0.1) is 5.56 Å². The van der Waals surface area contributed by atoms with Crippen molar-refractivity contribution in [3.8, 4) is 0 Å². The van der Waals surface area contributed by atoms with E-state index >= 15 is 0 Å². The van der Waals surface area contributed by atoms with E-state index in [0.29, 0.717) is 17.2 Å². The molecule has 1 amide bonds. The third-order valence-corrected chi connectivity index (χ3v) is 3.24. The Balaban J connectivity index is 2.70. The molecule has 0 unspecified atom stereocenters. The van der Waals surface area contributed by atoms with Gasteiger partial charge in [-0.1, -0.05) is 38.8 Å². The van der Waals surface area contributed by atoms with Crippen molar-refractivity contribution in [1.29, 1.82) is 0 Å². The Labute approximate surface area is 103 Å². The molecule has 1 aromatic rings. The molecule has 0 spiro atoms. The van der Waals surface area contributed by atoms with E-state index < -0.39 is 0 Å². The van der Waals surface area contributed by atoms with Crippen molar-refractivity contribution in [3.63, 3.8) is 0 Å². The van der Waals surface area contributed by atoms with Gasteiger partial charge in [0.1, 0.15) is 0 Å². The van der Waals surface area contributed by atoms with E-state index in [1.54, 1.807) is 6.07 Å². The summed E-state index contributed by atoms with van der Waals surface area (Å²) in [5.74, 6) is 0.483. The lowest BCUT2D eigenvalue weighted by Crippen LogP contribution is -2.30. The van der Waals surface area contributed by atoms with Crippen LogP contribution in [0.25, 0.3) is 0 Å². The Morgan fingerprint density at radius 3 is 2.53 bits per heavy atom. The highest BCUT2D eigenvalue weighted by atomic mass is 16.1. The maximum absolute atomic E-state index is 12.0. The number of hydrogen-bond donors (Lipinski definition) is 2. The number of aryl methyl sites for hydroxylation is 1. The fourth-order valence-corrected chi connectivity index (χ4v) is 1.90. The van der Waals surface area contributed by atoms with Gasteiger partial charge in [-0.15, -0.1) is 0 Å². The molecule has 0 atom stereocenters. The molecule has 0 aliphatic carbocycles. The molecule has 1 rings (SSSR count). The summed E-state index contributed by atoms with van der Waals surface area (Å²) in [6, 6.07) is 5.53. The molecule has 0 aromatic heterocycles. The molecular weight excluding hydrogens is 212 g/mol. The fourth-order valence-electron chi connectivity index (χ4n) is 1.90. The molecule has 0 radical (unpaired) electrons. The van der Waals surface area contributed by atoms with Crippen LogP contribution in [-0.4, -0.2) is 12.5 Å². The highest BCUT2D eigenvalue weighted by Crippen LogP contribution is 2.16. The standard InChI is InChI=1S/C14H22N2O/c1-4-11(5-2)9-16-14(17)13-10(3)7-6-8-12(13)15/h6-8,11H,4-5,9,15H2,1-3H3,(H,16,17). The van der Waals surface area contributed by atoms with E-state index in [4.69, 9.17) is 5.73 Å². The molecule has 94 valence electrons. The molecular formula is C14H22N2O. The lowest BCUT2D eigenvalue weighted by molar-refractivity contribution is 0.0946. The van der Waals surface area contributed by atoms with Crippen LogP contribution in [0.4, 0.5) is 5.69 Å². The van der Waals surface area contributed by atoms with E-state index in [9.17, 15) is 4.79 Å². The molecule has 0 aliphatic rings. The van der Waals surface area contributed by atoms with Crippen molar-refractivity contribution in [1.82, 2.24) is 5.32 Å². The average Bonchev–Trinajstić information content (AvgIpc) is 2.30. The Bertz CT molecular complexity index is 364. The summed E-state index contributed by atoms with van der Waals surface area (Å²) >= 11 is 0. The zero-order valence-electron chi connectivity index (χ0n) is 10.9. The predicted octanol–water partition coefficient (Wildman–Crippen LogP) is 2.74. The summed E-state index contributed by atoms with van der Waals surface area (Å²) < 4.78 is 0. The highest BCUT2D eigenvalue weighted by Gasteiger charge is 2.13. The lowest BCUT2D eigenvalue weighted by atomic mass is 10.0. The minimum atomic E-state index is -0.0625. The van der Waals surface area contributed by atoms with Crippen LogP contribution in [0, 0.1) is 12.8 Å². The second-order valence-electron chi connectivity index (χ2n) is 4.43. The number of anilines is 1. The van der Waals surface area contributed by atoms with Crippen LogP contribution in [0.5, 0.6) is 0 Å². The zero-order valence-corrected chi connectivity index (χ0v) is 10.9. The first-order chi connectivity index (χ1) is 8.10. The highest BCUT2D eigenvalue weighted by molar-refractivity contribution is 6.00. The van der Waals surface area contributed by atoms with E-state index in [1.807, 2.05) is 19.1 Å². The topological polar surface area (TPSA) is 55.1 Å². The molecule has 0 saturated heterocycles. The number of hydrogen-bond acceptors (Lipinski definition) is 2. The minimum absolute atomic E-state index is 0.0625. The number of nitrogens with two attached hydrogens (primary N) is 1. The van der Waals surface area contributed by atoms with Crippen LogP contribution in [0.2, 0.25) is 0 Å². The SMILES string of the molecule is CCC(CC)CNC(=O)c1c(C)cccc1N. The summed E-state index contributed by atoms with van der Waals surface area (Å²) in [5, 5.41) is 2.96. The van der Waals surface area contributed by atoms with Gasteiger partial charge in [0.2, 0.25) is 0 Å². The van der Waals surface area contributed by atoms with Gasteiger partial charge in [0.25, 0.3) is 5.91 Å². The summed E-state index contributed by atoms with van der Waals surface area (Å²) in [7, 11) is 0. The average molecular weight is 234 g/mol. The number of carbonyl (C=O) groups is 1. The van der Waals surface area contributed by atoms with E-state index in [0.717, 1.165) is 24.9 Å². The number of nitrogens with one attached hydrogen (secondary N) is 1. The second kappa shape index (κ2) is 6.28. The Kier molecular flexibility index (Phi) is 5.01. The van der Waals surface area contributed by atoms with Gasteiger partial charge >= 0.3 is 0 Å². The quantitative estimate of drug-likeness (QED) is 0.770. The predicted molar refractivity (Wildman–Crippen MR) is 72.0 cm³/mol. The van der Waals surface area contributed by atoms with Crippen molar-refractivity contribution in [2.45, 2.75) is 33.6 Å². The van der Waals surface area contributed by atoms with Crippen molar-refractivity contribution in [2.75, 3.05) is 12.3 Å². The summed E-state index contributed by atoms with van der Waals surface area (Å²) in [4.78, 5) is 12.0. The van der Waals surface area contributed by atoms with Crippen LogP contribution in [0.3, 0.4) is 0 Å². The van der Waals surface area contributed by atoms with Crippen LogP contribution in [0.15, 0.2) is 18.2 Å². The van der Waals surface area contributed by atoms with Crippen molar-refractivity contribution >= 4 is 11.6 Å². The van der Waals surface area contributed by atoms with Crippen molar-refractivity contribution < 1.29 is 4.79 Å². The van der Waals surface area contributed by atoms with E-state index in [-0.39, 0.29) is 5.91 Å². The Morgan fingerprint density at radius 1 is 1.35 bits per heavy atom. The molecule has 3 nitrogen and oxygen atoms in total. The number of benzene rings is 1. The molecule has 17 heavy (non-hydrogen) atoms. The number of amides is 1.